The predicted octanol–water partition coefficient (Wildman–Crippen LogP) is 2.15. The molecule has 2 rings (SSSR count). The van der Waals surface area contributed by atoms with Gasteiger partial charge in [0.15, 0.2) is 0 Å². The number of amides is 1. The Kier molecular flexibility index (Phi) is 4.65. The van der Waals surface area contributed by atoms with Crippen LogP contribution in [-0.4, -0.2) is 40.4 Å². The Hall–Kier alpha value is -0.740. The van der Waals surface area contributed by atoms with Crippen molar-refractivity contribution >= 4 is 61.7 Å². The summed E-state index contributed by atoms with van der Waals surface area (Å²) in [7, 11) is -4.11. The van der Waals surface area contributed by atoms with Crippen LogP contribution in [0, 0.1) is 6.92 Å². The van der Waals surface area contributed by atoms with Gasteiger partial charge >= 0.3 is 0 Å². The zero-order valence-electron chi connectivity index (χ0n) is 10.4. The highest BCUT2D eigenvalue weighted by Crippen LogP contribution is 2.33. The van der Waals surface area contributed by atoms with E-state index in [2.05, 4.69) is 0 Å². The number of thiophene rings is 1. The van der Waals surface area contributed by atoms with Crippen molar-refractivity contribution in [1.29, 1.82) is 0 Å². The normalized spacial score (nSPS) is 18.3. The summed E-state index contributed by atoms with van der Waals surface area (Å²) in [5.41, 5.74) is 1.07. The number of carbonyl (C=O) groups is 1. The molecular weight excluding hydrogens is 338 g/mol. The molecule has 1 fully saturated rings. The van der Waals surface area contributed by atoms with Gasteiger partial charge in [-0.15, -0.1) is 11.3 Å². The second-order valence-corrected chi connectivity index (χ2v) is 8.28. The van der Waals surface area contributed by atoms with E-state index in [1.807, 2.05) is 18.4 Å². The fraction of sp³-hybridized carbons (Fsp3) is 0.273. The summed E-state index contributed by atoms with van der Waals surface area (Å²) in [6.07, 6.45) is 1.76. The zero-order chi connectivity index (χ0) is 14.9. The van der Waals surface area contributed by atoms with Crippen LogP contribution in [0.4, 0.5) is 0 Å². The first-order valence-electron chi connectivity index (χ1n) is 5.52. The van der Waals surface area contributed by atoms with E-state index in [9.17, 15) is 13.2 Å². The van der Waals surface area contributed by atoms with Gasteiger partial charge in [-0.05, 0) is 30.0 Å². The first-order chi connectivity index (χ1) is 9.28. The highest BCUT2D eigenvalue weighted by Gasteiger charge is 2.32. The first-order valence-corrected chi connectivity index (χ1v) is 9.24. The molecule has 0 spiro atoms. The maximum atomic E-state index is 12.1. The van der Waals surface area contributed by atoms with Crippen molar-refractivity contribution in [2.45, 2.75) is 6.92 Å². The van der Waals surface area contributed by atoms with E-state index in [-0.39, 0.29) is 12.5 Å². The Labute approximate surface area is 130 Å². The van der Waals surface area contributed by atoms with E-state index in [4.69, 9.17) is 16.8 Å². The minimum atomic E-state index is -4.11. The molecule has 1 aliphatic heterocycles. The van der Waals surface area contributed by atoms with Crippen molar-refractivity contribution in [3.05, 3.63) is 26.8 Å². The van der Waals surface area contributed by atoms with Crippen LogP contribution in [0.5, 0.6) is 0 Å². The van der Waals surface area contributed by atoms with Crippen LogP contribution in [0.3, 0.4) is 0 Å². The molecule has 0 bridgehead atoms. The van der Waals surface area contributed by atoms with Gasteiger partial charge in [-0.3, -0.25) is 14.2 Å². The molecule has 2 heterocycles. The van der Waals surface area contributed by atoms with E-state index >= 15 is 0 Å². The van der Waals surface area contributed by atoms with Gasteiger partial charge in [0.2, 0.25) is 0 Å². The Morgan fingerprint density at radius 3 is 2.75 bits per heavy atom. The number of carbonyl (C=O) groups excluding carboxylic acids is 1. The third kappa shape index (κ3) is 3.67. The lowest BCUT2D eigenvalue weighted by molar-refractivity contribution is -0.121. The van der Waals surface area contributed by atoms with E-state index in [1.165, 1.54) is 16.2 Å². The summed E-state index contributed by atoms with van der Waals surface area (Å²) in [5.74, 6) is -0.846. The van der Waals surface area contributed by atoms with Crippen molar-refractivity contribution in [2.24, 2.45) is 0 Å². The average molecular weight is 349 g/mol. The van der Waals surface area contributed by atoms with E-state index in [0.717, 1.165) is 22.2 Å². The van der Waals surface area contributed by atoms with Crippen LogP contribution in [0.15, 0.2) is 16.4 Å². The smallest absolute Gasteiger partial charge is 0.266 e. The molecule has 1 aromatic heterocycles. The summed E-state index contributed by atoms with van der Waals surface area (Å²) in [5, 5.41) is 1.93. The van der Waals surface area contributed by atoms with Crippen LogP contribution in [0.1, 0.15) is 10.4 Å². The minimum Gasteiger partial charge on any atom is -0.292 e. The largest absolute Gasteiger partial charge is 0.292 e. The molecule has 0 aromatic carbocycles. The van der Waals surface area contributed by atoms with Crippen molar-refractivity contribution in [2.75, 3.05) is 12.3 Å². The maximum absolute atomic E-state index is 12.1. The van der Waals surface area contributed by atoms with Crippen LogP contribution in [0.2, 0.25) is 0 Å². The third-order valence-corrected chi connectivity index (χ3v) is 5.65. The molecule has 9 heteroatoms. The van der Waals surface area contributed by atoms with Crippen molar-refractivity contribution < 1.29 is 17.8 Å². The number of thiocarbonyl (C=S) groups is 1. The Bertz CT molecular complexity index is 689. The Morgan fingerprint density at radius 1 is 1.50 bits per heavy atom. The fourth-order valence-electron chi connectivity index (χ4n) is 1.55. The predicted molar refractivity (Wildman–Crippen MR) is 85.4 cm³/mol. The van der Waals surface area contributed by atoms with Gasteiger partial charge in [0, 0.05) is 11.4 Å². The molecule has 0 radical (unpaired) electrons. The van der Waals surface area contributed by atoms with Crippen molar-refractivity contribution in [3.63, 3.8) is 0 Å². The van der Waals surface area contributed by atoms with Gasteiger partial charge in [-0.25, -0.2) is 0 Å². The molecule has 0 unspecified atom stereocenters. The second-order valence-electron chi connectivity index (χ2n) is 4.09. The first kappa shape index (κ1) is 15.6. The lowest BCUT2D eigenvalue weighted by Gasteiger charge is -2.12. The Balaban J connectivity index is 2.17. The van der Waals surface area contributed by atoms with Gasteiger partial charge in [0.1, 0.15) is 4.32 Å². The van der Waals surface area contributed by atoms with E-state index < -0.39 is 15.9 Å². The molecule has 20 heavy (non-hydrogen) atoms. The molecule has 1 aliphatic rings. The summed E-state index contributed by atoms with van der Waals surface area (Å²) in [4.78, 5) is 14.8. The second kappa shape index (κ2) is 5.94. The standard InChI is InChI=1S/C11H11NO4S4/c1-7-2-4-18-8(7)6-9-10(13)12(11(17)19-9)3-5-20(14,15)16/h2,4,6H,3,5H2,1H3,(H,14,15,16)/b9-6-. The number of rotatable bonds is 4. The summed E-state index contributed by atoms with van der Waals surface area (Å²) in [6, 6.07) is 1.95. The summed E-state index contributed by atoms with van der Waals surface area (Å²) < 4.78 is 30.5. The molecule has 1 saturated heterocycles. The average Bonchev–Trinajstić information content (AvgIpc) is 2.83. The highest BCUT2D eigenvalue weighted by atomic mass is 32.2. The van der Waals surface area contributed by atoms with E-state index in [0.29, 0.717) is 9.23 Å². The van der Waals surface area contributed by atoms with Gasteiger partial charge in [0.25, 0.3) is 16.0 Å². The Morgan fingerprint density at radius 2 is 2.20 bits per heavy atom. The number of hydrogen-bond acceptors (Lipinski definition) is 6. The highest BCUT2D eigenvalue weighted by molar-refractivity contribution is 8.26. The van der Waals surface area contributed by atoms with Gasteiger partial charge in [-0.2, -0.15) is 8.42 Å². The lowest BCUT2D eigenvalue weighted by atomic mass is 10.2. The molecular formula is C11H11NO4S4. The number of aryl methyl sites for hydroxylation is 1. The van der Waals surface area contributed by atoms with E-state index in [1.54, 1.807) is 6.08 Å². The molecule has 0 aliphatic carbocycles. The third-order valence-electron chi connectivity index (χ3n) is 2.61. The molecule has 1 N–H and O–H groups in total. The van der Waals surface area contributed by atoms with Gasteiger partial charge in [-0.1, -0.05) is 24.0 Å². The molecule has 0 saturated carbocycles. The zero-order valence-corrected chi connectivity index (χ0v) is 13.7. The quantitative estimate of drug-likeness (QED) is 0.510. The SMILES string of the molecule is Cc1ccsc1/C=C1\SC(=S)N(CCS(=O)(=O)O)C1=O. The van der Waals surface area contributed by atoms with Crippen LogP contribution in [-0.2, 0) is 14.9 Å². The molecule has 5 nitrogen and oxygen atoms in total. The van der Waals surface area contributed by atoms with Gasteiger partial charge in [0.05, 0.1) is 10.7 Å². The summed E-state index contributed by atoms with van der Waals surface area (Å²) >= 11 is 7.72. The minimum absolute atomic E-state index is 0.135. The monoisotopic (exact) mass is 349 g/mol. The topological polar surface area (TPSA) is 74.7 Å². The fourth-order valence-corrected chi connectivity index (χ4v) is 4.19. The molecule has 1 aromatic rings. The number of nitrogens with zero attached hydrogens (tertiary/aromatic N) is 1. The molecule has 0 atom stereocenters. The molecule has 108 valence electrons. The van der Waals surface area contributed by atoms with Crippen LogP contribution < -0.4 is 0 Å². The summed E-state index contributed by atoms with van der Waals surface area (Å²) in [6.45, 7) is 1.81. The van der Waals surface area contributed by atoms with Gasteiger partial charge < -0.3 is 0 Å². The van der Waals surface area contributed by atoms with Crippen LogP contribution in [0.25, 0.3) is 6.08 Å². The molecule has 1 amide bonds. The van der Waals surface area contributed by atoms with Crippen molar-refractivity contribution in [1.82, 2.24) is 4.90 Å². The maximum Gasteiger partial charge on any atom is 0.266 e. The lowest BCUT2D eigenvalue weighted by Crippen LogP contribution is -2.32. The van der Waals surface area contributed by atoms with Crippen molar-refractivity contribution in [3.8, 4) is 0 Å². The van der Waals surface area contributed by atoms with Crippen LogP contribution >= 0.6 is 35.3 Å². The number of hydrogen-bond donors (Lipinski definition) is 1. The number of thioether (sulfide) groups is 1.